The monoisotopic (exact) mass is 541 g/mol. The highest BCUT2D eigenvalue weighted by Gasteiger charge is 2.35. The molecule has 1 unspecified atom stereocenters. The topological polar surface area (TPSA) is 124 Å². The summed E-state index contributed by atoms with van der Waals surface area (Å²) in [5, 5.41) is 11.4. The number of nitrogens with one attached hydrogen (secondary N) is 1. The van der Waals surface area contributed by atoms with Gasteiger partial charge in [-0.05, 0) is 68.8 Å². The van der Waals surface area contributed by atoms with Crippen LogP contribution in [0.1, 0.15) is 42.6 Å². The molecule has 4 aromatic rings. The summed E-state index contributed by atoms with van der Waals surface area (Å²) in [5.41, 5.74) is 13.3. The second-order valence-corrected chi connectivity index (χ2v) is 9.55. The van der Waals surface area contributed by atoms with Crippen molar-refractivity contribution < 1.29 is 17.9 Å². The van der Waals surface area contributed by atoms with Gasteiger partial charge in [-0.1, -0.05) is 0 Å². The first kappa shape index (κ1) is 26.5. The van der Waals surface area contributed by atoms with E-state index in [1.54, 1.807) is 23.1 Å². The highest BCUT2D eigenvalue weighted by atomic mass is 19.4. The number of rotatable bonds is 8. The van der Waals surface area contributed by atoms with Crippen LogP contribution in [-0.2, 0) is 12.7 Å². The van der Waals surface area contributed by atoms with Gasteiger partial charge >= 0.3 is 6.18 Å². The van der Waals surface area contributed by atoms with Crippen molar-refractivity contribution in [1.82, 2.24) is 24.2 Å². The van der Waals surface area contributed by atoms with E-state index >= 15 is 0 Å². The van der Waals surface area contributed by atoms with Crippen molar-refractivity contribution in [2.75, 3.05) is 18.4 Å². The number of hydrogen-bond acceptors (Lipinski definition) is 7. The van der Waals surface area contributed by atoms with Crippen molar-refractivity contribution in [2.45, 2.75) is 44.6 Å². The van der Waals surface area contributed by atoms with E-state index in [0.717, 1.165) is 43.3 Å². The van der Waals surface area contributed by atoms with E-state index in [-0.39, 0.29) is 29.3 Å². The average Bonchev–Trinajstić information content (AvgIpc) is 3.52. The first-order chi connectivity index (χ1) is 18.7. The van der Waals surface area contributed by atoms with E-state index in [9.17, 15) is 13.2 Å². The third kappa shape index (κ3) is 5.99. The number of piperidine rings is 1. The molecule has 206 valence electrons. The van der Waals surface area contributed by atoms with Crippen LogP contribution in [0.4, 0.5) is 18.9 Å². The summed E-state index contributed by atoms with van der Waals surface area (Å²) in [6.07, 6.45) is 3.11. The number of fused-ring (bicyclic) bond motifs is 1. The van der Waals surface area contributed by atoms with Crippen LogP contribution in [0.25, 0.3) is 5.65 Å². The van der Waals surface area contributed by atoms with E-state index in [4.69, 9.17) is 16.2 Å². The Morgan fingerprint density at radius 2 is 1.97 bits per heavy atom. The number of hydrogen-bond donors (Lipinski definition) is 3. The summed E-state index contributed by atoms with van der Waals surface area (Å²) >= 11 is 0. The highest BCUT2D eigenvalue weighted by Crippen LogP contribution is 2.40. The predicted octanol–water partition coefficient (Wildman–Crippen LogP) is 4.19. The Bertz CT molecular complexity index is 1450. The third-order valence-corrected chi connectivity index (χ3v) is 6.77. The Morgan fingerprint density at radius 3 is 2.72 bits per heavy atom. The number of likely N-dealkylation sites (tertiary alicyclic amines) is 1. The van der Waals surface area contributed by atoms with Crippen LogP contribution in [0.5, 0.6) is 11.5 Å². The van der Waals surface area contributed by atoms with Gasteiger partial charge in [-0.15, -0.1) is 0 Å². The second kappa shape index (κ2) is 10.9. The summed E-state index contributed by atoms with van der Waals surface area (Å²) in [6.45, 7) is 4.32. The Kier molecular flexibility index (Phi) is 7.44. The minimum atomic E-state index is -4.64. The molecule has 0 saturated carbocycles. The van der Waals surface area contributed by atoms with Crippen LogP contribution in [-0.4, -0.2) is 49.6 Å². The molecule has 0 spiro atoms. The maximum absolute atomic E-state index is 14.1. The van der Waals surface area contributed by atoms with Gasteiger partial charge in [0, 0.05) is 36.7 Å². The van der Waals surface area contributed by atoms with Crippen LogP contribution in [0.2, 0.25) is 0 Å². The summed E-state index contributed by atoms with van der Waals surface area (Å²) in [7, 11) is 0. The third-order valence-electron chi connectivity index (χ3n) is 6.77. The molecule has 13 heteroatoms. The van der Waals surface area contributed by atoms with E-state index in [0.29, 0.717) is 12.2 Å². The molecule has 0 aliphatic carbocycles. The van der Waals surface area contributed by atoms with Gasteiger partial charge in [-0.3, -0.25) is 4.90 Å². The maximum atomic E-state index is 14.1. The zero-order chi connectivity index (χ0) is 27.6. The molecule has 1 aliphatic rings. The smallest absolute Gasteiger partial charge is 0.420 e. The van der Waals surface area contributed by atoms with Gasteiger partial charge in [-0.25, -0.2) is 14.2 Å². The molecule has 1 atom stereocenters. The number of nitrogens with zero attached hydrogens (tertiary/aromatic N) is 6. The molecule has 5 rings (SSSR count). The van der Waals surface area contributed by atoms with Crippen molar-refractivity contribution in [3.63, 3.8) is 0 Å². The number of pyridine rings is 1. The molecule has 1 aromatic carbocycles. The minimum Gasteiger partial charge on any atom is -0.457 e. The molecular formula is C26H30F3N9O. The van der Waals surface area contributed by atoms with Crippen molar-refractivity contribution in [1.29, 1.82) is 0 Å². The normalized spacial score (nSPS) is 16.2. The number of benzene rings is 1. The number of ether oxygens (including phenoxy) is 1. The summed E-state index contributed by atoms with van der Waals surface area (Å²) < 4.78 is 51.0. The van der Waals surface area contributed by atoms with Gasteiger partial charge in [0.2, 0.25) is 0 Å². The van der Waals surface area contributed by atoms with Gasteiger partial charge in [0.15, 0.2) is 5.65 Å². The van der Waals surface area contributed by atoms with Gasteiger partial charge in [-0.2, -0.15) is 23.4 Å². The zero-order valence-electron chi connectivity index (χ0n) is 21.3. The number of halogens is 3. The van der Waals surface area contributed by atoms with Crippen LogP contribution >= 0.6 is 0 Å². The SMILES string of the molecule is CC(Nc1ccc(Oc2ccn3ncnc3c2)c(C(F)(F)F)c1)c1c(CN2CCC(N)CC2)ccn1/N=C\N. The quantitative estimate of drug-likeness (QED) is 0.226. The van der Waals surface area contributed by atoms with Gasteiger partial charge in [0.1, 0.15) is 29.7 Å². The Balaban J connectivity index is 1.39. The van der Waals surface area contributed by atoms with Gasteiger partial charge in [0.05, 0.1) is 11.7 Å². The van der Waals surface area contributed by atoms with Crippen LogP contribution in [0, 0.1) is 0 Å². The molecular weight excluding hydrogens is 511 g/mol. The summed E-state index contributed by atoms with van der Waals surface area (Å²) in [4.78, 5) is 6.36. The van der Waals surface area contributed by atoms with Crippen molar-refractivity contribution in [2.24, 2.45) is 16.6 Å². The lowest BCUT2D eigenvalue weighted by Crippen LogP contribution is -2.39. The molecule has 0 bridgehead atoms. The molecule has 1 aliphatic heterocycles. The molecule has 1 saturated heterocycles. The number of aromatic nitrogens is 4. The highest BCUT2D eigenvalue weighted by molar-refractivity contribution is 5.55. The number of nitrogens with two attached hydrogens (primary N) is 2. The fourth-order valence-corrected chi connectivity index (χ4v) is 4.84. The lowest BCUT2D eigenvalue weighted by Gasteiger charge is -2.30. The molecule has 0 amide bonds. The average molecular weight is 542 g/mol. The van der Waals surface area contributed by atoms with Crippen molar-refractivity contribution in [3.8, 4) is 11.5 Å². The van der Waals surface area contributed by atoms with Gasteiger partial charge in [0.25, 0.3) is 0 Å². The minimum absolute atomic E-state index is 0.216. The first-order valence-corrected chi connectivity index (χ1v) is 12.6. The zero-order valence-corrected chi connectivity index (χ0v) is 21.3. The van der Waals surface area contributed by atoms with Crippen LogP contribution in [0.3, 0.4) is 0 Å². The van der Waals surface area contributed by atoms with E-state index in [2.05, 4.69) is 25.4 Å². The van der Waals surface area contributed by atoms with Crippen LogP contribution in [0.15, 0.2) is 60.2 Å². The summed E-state index contributed by atoms with van der Waals surface area (Å²) in [6, 6.07) is 8.75. The van der Waals surface area contributed by atoms with E-state index in [1.807, 2.05) is 13.0 Å². The van der Waals surface area contributed by atoms with Crippen molar-refractivity contribution in [3.05, 3.63) is 71.9 Å². The van der Waals surface area contributed by atoms with E-state index in [1.165, 1.54) is 35.4 Å². The van der Waals surface area contributed by atoms with Gasteiger partial charge < -0.3 is 21.5 Å². The fourth-order valence-electron chi connectivity index (χ4n) is 4.84. The Morgan fingerprint density at radius 1 is 1.18 bits per heavy atom. The lowest BCUT2D eigenvalue weighted by molar-refractivity contribution is -0.138. The Hall–Kier alpha value is -4.10. The van der Waals surface area contributed by atoms with Crippen molar-refractivity contribution >= 4 is 17.7 Å². The molecule has 39 heavy (non-hydrogen) atoms. The van der Waals surface area contributed by atoms with E-state index < -0.39 is 11.7 Å². The summed E-state index contributed by atoms with van der Waals surface area (Å²) in [5.74, 6) is -0.0967. The maximum Gasteiger partial charge on any atom is 0.420 e. The fraction of sp³-hybridized carbons (Fsp3) is 0.346. The molecule has 1 fully saturated rings. The lowest BCUT2D eigenvalue weighted by atomic mass is 10.0. The van der Waals surface area contributed by atoms with Crippen LogP contribution < -0.4 is 21.5 Å². The number of alkyl halides is 3. The molecule has 10 nitrogen and oxygen atoms in total. The number of anilines is 1. The second-order valence-electron chi connectivity index (χ2n) is 9.55. The predicted molar refractivity (Wildman–Crippen MR) is 142 cm³/mol. The molecule has 3 aromatic heterocycles. The standard InChI is InChI=1S/C26H30F3N9O/c1-17(25-18(4-10-38(25)33-15-30)14-36-8-5-19(31)6-9-36)35-20-2-3-23(22(12-20)26(27,28)29)39-21-7-11-37-24(13-21)32-16-34-37/h2-4,7,10-13,15-17,19,35H,5-6,8-9,14,31H2,1H3,(H2,30,33). The molecule has 5 N–H and O–H groups in total. The first-order valence-electron chi connectivity index (χ1n) is 12.6. The molecule has 0 radical (unpaired) electrons. The Labute approximate surface area is 223 Å². The molecule has 4 heterocycles. The largest absolute Gasteiger partial charge is 0.457 e.